The number of hydrogen-bond donors (Lipinski definition) is 0. The van der Waals surface area contributed by atoms with Gasteiger partial charge in [-0.2, -0.15) is 0 Å². The molecule has 0 heterocycles. The molecule has 4 aromatic carbocycles. The molecule has 0 bridgehead atoms. The summed E-state index contributed by atoms with van der Waals surface area (Å²) >= 11 is 0. The zero-order valence-corrected chi connectivity index (χ0v) is 16.4. The Labute approximate surface area is 167 Å². The molecule has 0 aliphatic carbocycles. The number of aryl methyl sites for hydroxylation is 4. The predicted octanol–water partition coefficient (Wildman–Crippen LogP) is 6.42. The highest BCUT2D eigenvalue weighted by Gasteiger charge is 2.09. The van der Waals surface area contributed by atoms with Crippen LogP contribution in [-0.4, -0.2) is 7.11 Å². The molecule has 0 spiro atoms. The lowest BCUT2D eigenvalue weighted by Gasteiger charge is -2.13. The number of benzene rings is 4. The molecular weight excluding hydrogens is 340 g/mol. The Hall–Kier alpha value is -3.06. The van der Waals surface area contributed by atoms with E-state index in [1.165, 1.54) is 33.0 Å². The molecular formula is C27H26O. The first kappa shape index (κ1) is 18.3. The van der Waals surface area contributed by atoms with Crippen LogP contribution in [0.2, 0.25) is 0 Å². The Morgan fingerprint density at radius 3 is 1.79 bits per heavy atom. The van der Waals surface area contributed by atoms with E-state index in [0.717, 1.165) is 31.4 Å². The highest BCUT2D eigenvalue weighted by molar-refractivity contribution is 5.91. The third-order valence-electron chi connectivity index (χ3n) is 5.39. The summed E-state index contributed by atoms with van der Waals surface area (Å²) in [4.78, 5) is 0. The maximum atomic E-state index is 5.66. The number of fused-ring (bicyclic) bond motifs is 1. The molecule has 28 heavy (non-hydrogen) atoms. The van der Waals surface area contributed by atoms with Gasteiger partial charge in [0.05, 0.1) is 7.11 Å². The Bertz CT molecular complexity index is 1040. The van der Waals surface area contributed by atoms with Gasteiger partial charge >= 0.3 is 0 Å². The fraction of sp³-hybridized carbons (Fsp3) is 0.185. The van der Waals surface area contributed by atoms with E-state index in [1.807, 2.05) is 0 Å². The maximum Gasteiger partial charge on any atom is 0.126 e. The van der Waals surface area contributed by atoms with Crippen molar-refractivity contribution in [1.29, 1.82) is 0 Å². The van der Waals surface area contributed by atoms with Crippen molar-refractivity contribution in [3.8, 4) is 5.75 Å². The van der Waals surface area contributed by atoms with Crippen molar-refractivity contribution < 1.29 is 4.74 Å². The summed E-state index contributed by atoms with van der Waals surface area (Å²) in [6.45, 7) is 0. The van der Waals surface area contributed by atoms with Gasteiger partial charge in [-0.15, -0.1) is 0 Å². The summed E-state index contributed by atoms with van der Waals surface area (Å²) in [5, 5.41) is 2.53. The Balaban J connectivity index is 1.65. The number of methoxy groups -OCH3 is 1. The molecule has 1 nitrogen and oxygen atoms in total. The first-order valence-corrected chi connectivity index (χ1v) is 10.00. The van der Waals surface area contributed by atoms with E-state index in [2.05, 4.69) is 91.0 Å². The van der Waals surface area contributed by atoms with Crippen LogP contribution in [0.4, 0.5) is 0 Å². The number of ether oxygens (including phenoxy) is 1. The van der Waals surface area contributed by atoms with Crippen LogP contribution in [0.1, 0.15) is 22.3 Å². The van der Waals surface area contributed by atoms with Gasteiger partial charge in [-0.05, 0) is 65.5 Å². The minimum atomic E-state index is 0.958. The third kappa shape index (κ3) is 4.26. The van der Waals surface area contributed by atoms with Gasteiger partial charge in [0, 0.05) is 5.39 Å². The molecule has 0 fully saturated rings. The van der Waals surface area contributed by atoms with E-state index in [0.29, 0.717) is 0 Å². The van der Waals surface area contributed by atoms with Crippen LogP contribution in [0.5, 0.6) is 5.75 Å². The topological polar surface area (TPSA) is 9.23 Å². The zero-order chi connectivity index (χ0) is 19.2. The quantitative estimate of drug-likeness (QED) is 0.367. The van der Waals surface area contributed by atoms with Gasteiger partial charge in [0.25, 0.3) is 0 Å². The molecule has 4 aromatic rings. The molecule has 1 heteroatoms. The smallest absolute Gasteiger partial charge is 0.126 e. The van der Waals surface area contributed by atoms with Gasteiger partial charge in [0.1, 0.15) is 5.75 Å². The molecule has 0 amide bonds. The zero-order valence-electron chi connectivity index (χ0n) is 16.4. The fourth-order valence-electron chi connectivity index (χ4n) is 3.89. The summed E-state index contributed by atoms with van der Waals surface area (Å²) in [5.41, 5.74) is 5.55. The van der Waals surface area contributed by atoms with Gasteiger partial charge in [0.2, 0.25) is 0 Å². The lowest BCUT2D eigenvalue weighted by atomic mass is 9.93. The minimum absolute atomic E-state index is 0.958. The Morgan fingerprint density at radius 2 is 1.14 bits per heavy atom. The first-order valence-electron chi connectivity index (χ1n) is 10.00. The SMILES string of the molecule is COc1cccc2c(CCc3ccccc3)cc(CCc3ccccc3)cc12. The first-order chi connectivity index (χ1) is 13.8. The largest absolute Gasteiger partial charge is 0.496 e. The van der Waals surface area contributed by atoms with Crippen LogP contribution in [0.3, 0.4) is 0 Å². The van der Waals surface area contributed by atoms with Crippen molar-refractivity contribution in [2.45, 2.75) is 25.7 Å². The standard InChI is InChI=1S/C27H26O/c1-28-27-14-8-13-25-24(18-17-22-11-6-3-7-12-22)19-23(20-26(25)27)16-15-21-9-4-2-5-10-21/h2-14,19-20H,15-18H2,1H3. The van der Waals surface area contributed by atoms with E-state index in [-0.39, 0.29) is 0 Å². The van der Waals surface area contributed by atoms with Gasteiger partial charge in [-0.1, -0.05) is 78.9 Å². The van der Waals surface area contributed by atoms with Crippen molar-refractivity contribution in [2.24, 2.45) is 0 Å². The van der Waals surface area contributed by atoms with E-state index in [9.17, 15) is 0 Å². The van der Waals surface area contributed by atoms with Crippen molar-refractivity contribution in [1.82, 2.24) is 0 Å². The molecule has 0 saturated carbocycles. The van der Waals surface area contributed by atoms with Crippen molar-refractivity contribution in [2.75, 3.05) is 7.11 Å². The normalized spacial score (nSPS) is 10.9. The summed E-state index contributed by atoms with van der Waals surface area (Å²) < 4.78 is 5.66. The Kier molecular flexibility index (Phi) is 5.72. The van der Waals surface area contributed by atoms with Gasteiger partial charge in [-0.3, -0.25) is 0 Å². The summed E-state index contributed by atoms with van der Waals surface area (Å²) in [5.74, 6) is 0.958. The number of hydrogen-bond acceptors (Lipinski definition) is 1. The number of rotatable bonds is 7. The van der Waals surface area contributed by atoms with Crippen molar-refractivity contribution in [3.63, 3.8) is 0 Å². The highest BCUT2D eigenvalue weighted by atomic mass is 16.5. The van der Waals surface area contributed by atoms with Crippen LogP contribution in [0.25, 0.3) is 10.8 Å². The van der Waals surface area contributed by atoms with Crippen LogP contribution in [-0.2, 0) is 25.7 Å². The molecule has 4 rings (SSSR count). The molecule has 0 N–H and O–H groups in total. The minimum Gasteiger partial charge on any atom is -0.496 e. The second kappa shape index (κ2) is 8.75. The predicted molar refractivity (Wildman–Crippen MR) is 118 cm³/mol. The Morgan fingerprint density at radius 1 is 0.536 bits per heavy atom. The third-order valence-corrected chi connectivity index (χ3v) is 5.39. The van der Waals surface area contributed by atoms with E-state index < -0.39 is 0 Å². The monoisotopic (exact) mass is 366 g/mol. The average molecular weight is 367 g/mol. The summed E-state index contributed by atoms with van der Waals surface area (Å²) in [7, 11) is 1.76. The average Bonchev–Trinajstić information content (AvgIpc) is 2.77. The molecule has 0 radical (unpaired) electrons. The molecule has 0 aromatic heterocycles. The lowest BCUT2D eigenvalue weighted by Crippen LogP contribution is -1.98. The lowest BCUT2D eigenvalue weighted by molar-refractivity contribution is 0.420. The molecule has 140 valence electrons. The van der Waals surface area contributed by atoms with Crippen LogP contribution in [0.15, 0.2) is 91.0 Å². The molecule has 0 unspecified atom stereocenters. The van der Waals surface area contributed by atoms with E-state index >= 15 is 0 Å². The van der Waals surface area contributed by atoms with E-state index in [4.69, 9.17) is 4.74 Å². The van der Waals surface area contributed by atoms with Crippen LogP contribution in [0, 0.1) is 0 Å². The van der Waals surface area contributed by atoms with Gasteiger partial charge < -0.3 is 4.74 Å². The second-order valence-corrected chi connectivity index (χ2v) is 7.28. The molecule has 0 atom stereocenters. The fourth-order valence-corrected chi connectivity index (χ4v) is 3.89. The maximum absolute atomic E-state index is 5.66. The second-order valence-electron chi connectivity index (χ2n) is 7.28. The highest BCUT2D eigenvalue weighted by Crippen LogP contribution is 2.30. The van der Waals surface area contributed by atoms with E-state index in [1.54, 1.807) is 7.11 Å². The molecule has 0 aliphatic heterocycles. The van der Waals surface area contributed by atoms with Crippen molar-refractivity contribution >= 4 is 10.8 Å². The molecule has 0 aliphatic rings. The summed E-state index contributed by atoms with van der Waals surface area (Å²) in [6.07, 6.45) is 4.18. The van der Waals surface area contributed by atoms with Crippen LogP contribution < -0.4 is 4.74 Å². The van der Waals surface area contributed by atoms with Gasteiger partial charge in [-0.25, -0.2) is 0 Å². The van der Waals surface area contributed by atoms with Gasteiger partial charge in [0.15, 0.2) is 0 Å². The molecule has 0 saturated heterocycles. The van der Waals surface area contributed by atoms with Crippen molar-refractivity contribution in [3.05, 3.63) is 113 Å². The summed E-state index contributed by atoms with van der Waals surface area (Å²) in [6, 6.07) is 32.5. The van der Waals surface area contributed by atoms with Crippen LogP contribution >= 0.6 is 0 Å².